The molecule has 180 valence electrons. The number of anilines is 1. The molecule has 1 fully saturated rings. The third kappa shape index (κ3) is 4.35. The topological polar surface area (TPSA) is 58.2 Å². The predicted octanol–water partition coefficient (Wildman–Crippen LogP) is 7.83. The summed E-state index contributed by atoms with van der Waals surface area (Å²) >= 11 is 22.2. The van der Waals surface area contributed by atoms with E-state index in [-0.39, 0.29) is 11.8 Å². The quantitative estimate of drug-likeness (QED) is 0.323. The molecule has 5 rings (SSSR count). The van der Waals surface area contributed by atoms with Crippen LogP contribution in [0.4, 0.5) is 10.1 Å². The number of amides is 2. The molecule has 2 amide bonds. The van der Waals surface area contributed by atoms with Gasteiger partial charge < -0.3 is 10.6 Å². The van der Waals surface area contributed by atoms with Gasteiger partial charge in [0.05, 0.1) is 21.5 Å². The lowest BCUT2D eigenvalue weighted by molar-refractivity contribution is -0.121. The zero-order valence-electron chi connectivity index (χ0n) is 18.2. The van der Waals surface area contributed by atoms with Crippen molar-refractivity contribution in [3.63, 3.8) is 0 Å². The van der Waals surface area contributed by atoms with Crippen LogP contribution in [0.15, 0.2) is 53.0 Å². The number of rotatable bonds is 4. The molecule has 9 heteroatoms. The Balaban J connectivity index is 1.59. The maximum absolute atomic E-state index is 14.1. The molecule has 3 aromatic rings. The lowest BCUT2D eigenvalue weighted by Gasteiger charge is -2.29. The fraction of sp³-hybridized carbons (Fsp3) is 0.231. The molecule has 4 nitrogen and oxygen atoms in total. The normalized spacial score (nSPS) is 18.3. The minimum absolute atomic E-state index is 0.197. The molecular formula is C26H19BrCl3FN2O2. The van der Waals surface area contributed by atoms with Crippen LogP contribution in [0.1, 0.15) is 58.8 Å². The lowest BCUT2D eigenvalue weighted by Crippen LogP contribution is -2.38. The van der Waals surface area contributed by atoms with Gasteiger partial charge in [-0.25, -0.2) is 4.39 Å². The minimum atomic E-state index is -0.786. The molecule has 0 spiro atoms. The van der Waals surface area contributed by atoms with Crippen molar-refractivity contribution in [2.75, 3.05) is 5.32 Å². The van der Waals surface area contributed by atoms with Crippen molar-refractivity contribution >= 4 is 68.2 Å². The van der Waals surface area contributed by atoms with Crippen LogP contribution in [0.2, 0.25) is 15.1 Å². The maximum Gasteiger partial charge on any atom is 0.252 e. The highest BCUT2D eigenvalue weighted by atomic mass is 79.9. The number of hydrogen-bond acceptors (Lipinski definition) is 2. The van der Waals surface area contributed by atoms with Crippen LogP contribution in [-0.2, 0) is 10.2 Å². The molecule has 2 aliphatic rings. The van der Waals surface area contributed by atoms with Gasteiger partial charge in [-0.2, -0.15) is 0 Å². The Bertz CT molecular complexity index is 1370. The summed E-state index contributed by atoms with van der Waals surface area (Å²) in [6, 6.07) is 12.0. The van der Waals surface area contributed by atoms with Gasteiger partial charge in [-0.3, -0.25) is 9.59 Å². The first-order valence-corrected chi connectivity index (χ1v) is 13.0. The molecule has 3 aromatic carbocycles. The van der Waals surface area contributed by atoms with E-state index < -0.39 is 17.3 Å². The summed E-state index contributed by atoms with van der Waals surface area (Å²) in [5.41, 5.74) is 1.81. The summed E-state index contributed by atoms with van der Waals surface area (Å²) in [6.07, 6.45) is 3.10. The van der Waals surface area contributed by atoms with Gasteiger partial charge in [0.1, 0.15) is 5.82 Å². The highest BCUT2D eigenvalue weighted by Crippen LogP contribution is 2.45. The van der Waals surface area contributed by atoms with Crippen molar-refractivity contribution in [1.29, 1.82) is 0 Å². The Morgan fingerprint density at radius 3 is 2.43 bits per heavy atom. The maximum atomic E-state index is 14.1. The van der Waals surface area contributed by atoms with Crippen LogP contribution in [-0.4, -0.2) is 11.8 Å². The Hall–Kier alpha value is -2.12. The smallest absolute Gasteiger partial charge is 0.252 e. The van der Waals surface area contributed by atoms with Crippen molar-refractivity contribution in [2.24, 2.45) is 0 Å². The first-order valence-electron chi connectivity index (χ1n) is 11.1. The van der Waals surface area contributed by atoms with Crippen LogP contribution < -0.4 is 10.6 Å². The summed E-state index contributed by atoms with van der Waals surface area (Å²) in [7, 11) is 0. The molecule has 1 saturated carbocycles. The Kier molecular flexibility index (Phi) is 6.60. The zero-order chi connectivity index (χ0) is 24.9. The van der Waals surface area contributed by atoms with Crippen LogP contribution in [0.5, 0.6) is 0 Å². The van der Waals surface area contributed by atoms with Gasteiger partial charge >= 0.3 is 0 Å². The third-order valence-corrected chi connectivity index (χ3v) is 8.38. The van der Waals surface area contributed by atoms with E-state index in [0.29, 0.717) is 54.8 Å². The summed E-state index contributed by atoms with van der Waals surface area (Å²) in [6.45, 7) is 0. The molecule has 1 heterocycles. The molecular weight excluding hydrogens is 578 g/mol. The van der Waals surface area contributed by atoms with Crippen molar-refractivity contribution in [3.05, 3.63) is 96.1 Å². The van der Waals surface area contributed by atoms with E-state index in [2.05, 4.69) is 26.6 Å². The van der Waals surface area contributed by atoms with Gasteiger partial charge in [-0.1, -0.05) is 69.6 Å². The monoisotopic (exact) mass is 594 g/mol. The largest absolute Gasteiger partial charge is 0.341 e. The minimum Gasteiger partial charge on any atom is -0.341 e. The van der Waals surface area contributed by atoms with Gasteiger partial charge in [-0.15, -0.1) is 0 Å². The molecule has 35 heavy (non-hydrogen) atoms. The fourth-order valence-electron chi connectivity index (χ4n) is 5.13. The van der Waals surface area contributed by atoms with E-state index in [0.717, 1.165) is 18.4 Å². The summed E-state index contributed by atoms with van der Waals surface area (Å²) in [5, 5.41) is 7.08. The van der Waals surface area contributed by atoms with Gasteiger partial charge in [0.2, 0.25) is 5.91 Å². The Morgan fingerprint density at radius 1 is 1.00 bits per heavy atom. The second kappa shape index (κ2) is 9.40. The number of carbonyl (C=O) groups is 2. The third-order valence-electron chi connectivity index (χ3n) is 6.83. The van der Waals surface area contributed by atoms with E-state index >= 15 is 0 Å². The van der Waals surface area contributed by atoms with Crippen molar-refractivity contribution in [2.45, 2.75) is 37.1 Å². The number of carbonyl (C=O) groups excluding carboxylic acids is 2. The molecule has 0 radical (unpaired) electrons. The van der Waals surface area contributed by atoms with Crippen molar-refractivity contribution in [3.8, 4) is 0 Å². The highest BCUT2D eigenvalue weighted by Gasteiger charge is 2.44. The van der Waals surface area contributed by atoms with Crippen LogP contribution in [0.3, 0.4) is 0 Å². The van der Waals surface area contributed by atoms with E-state index in [4.69, 9.17) is 34.8 Å². The zero-order valence-corrected chi connectivity index (χ0v) is 22.1. The molecule has 1 unspecified atom stereocenters. The van der Waals surface area contributed by atoms with E-state index in [1.54, 1.807) is 24.3 Å². The Morgan fingerprint density at radius 2 is 1.71 bits per heavy atom. The molecule has 0 saturated heterocycles. The standard InChI is InChI=1S/C26H19BrCl3FN2O2/c27-14-10-17-22(23(33-24(17)34)16-12-15(31)4-6-18(16)28)21(11-14)32-25(35)26(7-1-2-8-26)13-3-5-19(29)20(30)9-13/h3-6,9-12,23H,1-2,7-8H2,(H,32,35)(H,33,34). The Labute approximate surface area is 225 Å². The number of nitrogens with one attached hydrogen (secondary N) is 2. The van der Waals surface area contributed by atoms with E-state index in [1.165, 1.54) is 18.2 Å². The number of benzene rings is 3. The number of fused-ring (bicyclic) bond motifs is 1. The van der Waals surface area contributed by atoms with Gasteiger partial charge in [0, 0.05) is 31.9 Å². The van der Waals surface area contributed by atoms with Crippen molar-refractivity contribution in [1.82, 2.24) is 5.32 Å². The fourth-order valence-corrected chi connectivity index (χ4v) is 6.11. The molecule has 1 aliphatic heterocycles. The molecule has 2 N–H and O–H groups in total. The summed E-state index contributed by atoms with van der Waals surface area (Å²) in [5.74, 6) is -1.00. The summed E-state index contributed by atoms with van der Waals surface area (Å²) in [4.78, 5) is 26.7. The summed E-state index contributed by atoms with van der Waals surface area (Å²) < 4.78 is 14.7. The van der Waals surface area contributed by atoms with Gasteiger partial charge in [0.25, 0.3) is 5.91 Å². The van der Waals surface area contributed by atoms with Crippen LogP contribution in [0, 0.1) is 5.82 Å². The molecule has 1 atom stereocenters. The first kappa shape index (κ1) is 24.6. The van der Waals surface area contributed by atoms with Crippen LogP contribution in [0.25, 0.3) is 0 Å². The van der Waals surface area contributed by atoms with Gasteiger partial charge in [-0.05, 0) is 60.9 Å². The SMILES string of the molecule is O=C1NC(c2cc(F)ccc2Cl)c2c(NC(=O)C3(c4ccc(Cl)c(Cl)c4)CCCC3)cc(Br)cc21. The first-order chi connectivity index (χ1) is 16.7. The van der Waals surface area contributed by atoms with Gasteiger partial charge in [0.15, 0.2) is 0 Å². The highest BCUT2D eigenvalue weighted by molar-refractivity contribution is 9.10. The number of hydrogen-bond donors (Lipinski definition) is 2. The molecule has 1 aliphatic carbocycles. The predicted molar refractivity (Wildman–Crippen MR) is 140 cm³/mol. The average molecular weight is 597 g/mol. The van der Waals surface area contributed by atoms with E-state index in [9.17, 15) is 14.0 Å². The van der Waals surface area contributed by atoms with E-state index in [1.807, 2.05) is 6.07 Å². The molecule has 0 bridgehead atoms. The van der Waals surface area contributed by atoms with Crippen LogP contribution >= 0.6 is 50.7 Å². The lowest BCUT2D eigenvalue weighted by atomic mass is 9.78. The second-order valence-electron chi connectivity index (χ2n) is 8.86. The average Bonchev–Trinajstić information content (AvgIpc) is 3.44. The number of halogens is 5. The van der Waals surface area contributed by atoms with Crippen molar-refractivity contribution < 1.29 is 14.0 Å². The second-order valence-corrected chi connectivity index (χ2v) is 11.0. The molecule has 0 aromatic heterocycles.